The molecule has 0 amide bonds. The van der Waals surface area contributed by atoms with Gasteiger partial charge in [0.15, 0.2) is 0 Å². The van der Waals surface area contributed by atoms with Gasteiger partial charge in [0.1, 0.15) is 11.6 Å². The van der Waals surface area contributed by atoms with Crippen LogP contribution in [-0.2, 0) is 11.3 Å². The first-order valence-electron chi connectivity index (χ1n) is 7.13. The Bertz CT molecular complexity index is 430. The second kappa shape index (κ2) is 7.81. The highest BCUT2D eigenvalue weighted by atomic mass is 32.2. The summed E-state index contributed by atoms with van der Waals surface area (Å²) in [6.07, 6.45) is 1.08. The average molecular weight is 296 g/mol. The van der Waals surface area contributed by atoms with Crippen molar-refractivity contribution >= 4 is 17.6 Å². The van der Waals surface area contributed by atoms with E-state index in [1.54, 1.807) is 7.11 Å². The maximum absolute atomic E-state index is 5.22. The second-order valence-electron chi connectivity index (χ2n) is 5.03. The van der Waals surface area contributed by atoms with Gasteiger partial charge in [-0.25, -0.2) is 9.97 Å². The molecule has 1 N–H and O–H groups in total. The minimum Gasteiger partial charge on any atom is -0.378 e. The lowest BCUT2D eigenvalue weighted by Gasteiger charge is -2.31. The Kier molecular flexibility index (Phi) is 6.06. The molecule has 6 heteroatoms. The molecule has 1 fully saturated rings. The van der Waals surface area contributed by atoms with E-state index < -0.39 is 0 Å². The standard InChI is InChI=1S/C14H24N4OS/c1-4-5-15-13-8-11(9-19-3)16-14(17-13)12-10-20-7-6-18(12)2/h8,12H,4-7,9-10H2,1-3H3,(H,15,16,17). The Morgan fingerprint density at radius 3 is 3.05 bits per heavy atom. The number of aromatic nitrogens is 2. The van der Waals surface area contributed by atoms with Crippen LogP contribution >= 0.6 is 11.8 Å². The van der Waals surface area contributed by atoms with Crippen molar-refractivity contribution in [3.05, 3.63) is 17.6 Å². The fraction of sp³-hybridized carbons (Fsp3) is 0.714. The van der Waals surface area contributed by atoms with Gasteiger partial charge in [-0.3, -0.25) is 4.90 Å². The fourth-order valence-electron chi connectivity index (χ4n) is 2.19. The molecule has 0 spiro atoms. The van der Waals surface area contributed by atoms with Gasteiger partial charge in [-0.15, -0.1) is 0 Å². The molecule has 0 saturated carbocycles. The van der Waals surface area contributed by atoms with E-state index in [1.807, 2.05) is 17.8 Å². The molecule has 1 atom stereocenters. The topological polar surface area (TPSA) is 50.3 Å². The summed E-state index contributed by atoms with van der Waals surface area (Å²) in [5.74, 6) is 4.06. The van der Waals surface area contributed by atoms with Crippen LogP contribution in [0.15, 0.2) is 6.07 Å². The van der Waals surface area contributed by atoms with Crippen LogP contribution in [-0.4, -0.2) is 53.6 Å². The Labute approximate surface area is 125 Å². The number of ether oxygens (including phenoxy) is 1. The number of nitrogens with one attached hydrogen (secondary N) is 1. The molecule has 20 heavy (non-hydrogen) atoms. The van der Waals surface area contributed by atoms with Crippen LogP contribution in [0.25, 0.3) is 0 Å². The lowest BCUT2D eigenvalue weighted by Crippen LogP contribution is -2.34. The van der Waals surface area contributed by atoms with E-state index in [4.69, 9.17) is 9.72 Å². The third-order valence-corrected chi connectivity index (χ3v) is 4.36. The molecule has 0 bridgehead atoms. The lowest BCUT2D eigenvalue weighted by molar-refractivity contribution is 0.180. The van der Waals surface area contributed by atoms with Gasteiger partial charge in [0, 0.05) is 37.8 Å². The molecule has 0 aliphatic carbocycles. The third kappa shape index (κ3) is 4.07. The molecule has 1 unspecified atom stereocenters. The molecule has 112 valence electrons. The quantitative estimate of drug-likeness (QED) is 0.868. The summed E-state index contributed by atoms with van der Waals surface area (Å²) in [5, 5.41) is 3.36. The molecule has 1 saturated heterocycles. The van der Waals surface area contributed by atoms with Crippen molar-refractivity contribution in [1.82, 2.24) is 14.9 Å². The molecule has 2 heterocycles. The molecule has 1 aromatic rings. The number of rotatable bonds is 6. The maximum Gasteiger partial charge on any atom is 0.149 e. The number of anilines is 1. The normalized spacial score (nSPS) is 20.1. The van der Waals surface area contributed by atoms with Crippen LogP contribution in [0.3, 0.4) is 0 Å². The first-order valence-corrected chi connectivity index (χ1v) is 8.28. The molecule has 1 aromatic heterocycles. The summed E-state index contributed by atoms with van der Waals surface area (Å²) in [6.45, 7) is 4.69. The molecular weight excluding hydrogens is 272 g/mol. The predicted molar refractivity (Wildman–Crippen MR) is 84.2 cm³/mol. The number of hydrogen-bond donors (Lipinski definition) is 1. The zero-order chi connectivity index (χ0) is 14.4. The van der Waals surface area contributed by atoms with E-state index in [9.17, 15) is 0 Å². The van der Waals surface area contributed by atoms with Crippen molar-refractivity contribution in [2.45, 2.75) is 26.0 Å². The van der Waals surface area contributed by atoms with E-state index in [0.717, 1.165) is 42.6 Å². The first-order chi connectivity index (χ1) is 9.74. The van der Waals surface area contributed by atoms with Gasteiger partial charge < -0.3 is 10.1 Å². The number of nitrogens with zero attached hydrogens (tertiary/aromatic N) is 3. The Balaban J connectivity index is 2.22. The summed E-state index contributed by atoms with van der Waals surface area (Å²) in [5.41, 5.74) is 0.945. The van der Waals surface area contributed by atoms with Crippen LogP contribution in [0.5, 0.6) is 0 Å². The highest BCUT2D eigenvalue weighted by Crippen LogP contribution is 2.27. The van der Waals surface area contributed by atoms with Crippen molar-refractivity contribution in [3.8, 4) is 0 Å². The minimum atomic E-state index is 0.299. The Morgan fingerprint density at radius 1 is 1.50 bits per heavy atom. The number of thioether (sulfide) groups is 1. The summed E-state index contributed by atoms with van der Waals surface area (Å²) >= 11 is 1.97. The van der Waals surface area contributed by atoms with Gasteiger partial charge >= 0.3 is 0 Å². The van der Waals surface area contributed by atoms with Crippen LogP contribution < -0.4 is 5.32 Å². The van der Waals surface area contributed by atoms with Crippen molar-refractivity contribution in [2.75, 3.05) is 44.1 Å². The van der Waals surface area contributed by atoms with Crippen molar-refractivity contribution in [1.29, 1.82) is 0 Å². The molecule has 0 aromatic carbocycles. The third-order valence-electron chi connectivity index (χ3n) is 3.34. The molecular formula is C14H24N4OS. The maximum atomic E-state index is 5.22. The van der Waals surface area contributed by atoms with E-state index >= 15 is 0 Å². The van der Waals surface area contributed by atoms with Gasteiger partial charge in [0.2, 0.25) is 0 Å². The van der Waals surface area contributed by atoms with Crippen LogP contribution in [0.4, 0.5) is 5.82 Å². The summed E-state index contributed by atoms with van der Waals surface area (Å²) < 4.78 is 5.22. The molecule has 2 rings (SSSR count). The van der Waals surface area contributed by atoms with E-state index in [0.29, 0.717) is 12.6 Å². The lowest BCUT2D eigenvalue weighted by atomic mass is 10.2. The molecule has 1 aliphatic heterocycles. The fourth-order valence-corrected chi connectivity index (χ4v) is 3.40. The molecule has 0 radical (unpaired) electrons. The van der Waals surface area contributed by atoms with E-state index in [-0.39, 0.29) is 0 Å². The van der Waals surface area contributed by atoms with Crippen LogP contribution in [0.2, 0.25) is 0 Å². The summed E-state index contributed by atoms with van der Waals surface area (Å²) in [4.78, 5) is 11.7. The highest BCUT2D eigenvalue weighted by Gasteiger charge is 2.24. The van der Waals surface area contributed by atoms with Gasteiger partial charge in [-0.05, 0) is 13.5 Å². The van der Waals surface area contributed by atoms with Gasteiger partial charge in [-0.1, -0.05) is 6.92 Å². The average Bonchev–Trinajstić information content (AvgIpc) is 2.46. The number of hydrogen-bond acceptors (Lipinski definition) is 6. The largest absolute Gasteiger partial charge is 0.378 e. The summed E-state index contributed by atoms with van der Waals surface area (Å²) in [6, 6.07) is 2.28. The van der Waals surface area contributed by atoms with Gasteiger partial charge in [0.25, 0.3) is 0 Å². The van der Waals surface area contributed by atoms with E-state index in [1.165, 1.54) is 5.75 Å². The van der Waals surface area contributed by atoms with Gasteiger partial charge in [-0.2, -0.15) is 11.8 Å². The zero-order valence-corrected chi connectivity index (χ0v) is 13.4. The Hall–Kier alpha value is -0.850. The van der Waals surface area contributed by atoms with Crippen molar-refractivity contribution in [3.63, 3.8) is 0 Å². The monoisotopic (exact) mass is 296 g/mol. The number of methoxy groups -OCH3 is 1. The highest BCUT2D eigenvalue weighted by molar-refractivity contribution is 7.99. The van der Waals surface area contributed by atoms with E-state index in [2.05, 4.69) is 29.2 Å². The predicted octanol–water partition coefficient (Wildman–Crippen LogP) is 2.16. The van der Waals surface area contributed by atoms with Crippen LogP contribution in [0.1, 0.15) is 30.9 Å². The zero-order valence-electron chi connectivity index (χ0n) is 12.6. The first kappa shape index (κ1) is 15.5. The molecule has 1 aliphatic rings. The van der Waals surface area contributed by atoms with Crippen molar-refractivity contribution in [2.24, 2.45) is 0 Å². The van der Waals surface area contributed by atoms with Gasteiger partial charge in [0.05, 0.1) is 18.3 Å². The minimum absolute atomic E-state index is 0.299. The Morgan fingerprint density at radius 2 is 2.35 bits per heavy atom. The smallest absolute Gasteiger partial charge is 0.149 e. The van der Waals surface area contributed by atoms with Crippen molar-refractivity contribution < 1.29 is 4.74 Å². The summed E-state index contributed by atoms with van der Waals surface area (Å²) in [7, 11) is 3.85. The second-order valence-corrected chi connectivity index (χ2v) is 6.18. The van der Waals surface area contributed by atoms with Crippen LogP contribution in [0, 0.1) is 0 Å². The SMILES string of the molecule is CCCNc1cc(COC)nc(C2CSCCN2C)n1. The molecule has 5 nitrogen and oxygen atoms in total.